The SMILES string of the molecule is COCCCN(CCOC)c1ccc(F)cc1C(=O)O. The molecule has 0 bridgehead atoms. The van der Waals surface area contributed by atoms with Crippen LogP contribution in [0.1, 0.15) is 16.8 Å². The van der Waals surface area contributed by atoms with Crippen molar-refractivity contribution in [3.8, 4) is 0 Å². The van der Waals surface area contributed by atoms with Gasteiger partial charge >= 0.3 is 5.97 Å². The van der Waals surface area contributed by atoms with Crippen LogP contribution in [-0.2, 0) is 9.47 Å². The number of ether oxygens (including phenoxy) is 2. The largest absolute Gasteiger partial charge is 0.478 e. The number of carboxylic acid groups (broad SMARTS) is 1. The predicted molar refractivity (Wildman–Crippen MR) is 73.9 cm³/mol. The van der Waals surface area contributed by atoms with E-state index in [1.165, 1.54) is 12.1 Å². The number of hydrogen-bond donors (Lipinski definition) is 1. The van der Waals surface area contributed by atoms with Crippen molar-refractivity contribution < 1.29 is 23.8 Å². The van der Waals surface area contributed by atoms with Crippen molar-refractivity contribution in [2.24, 2.45) is 0 Å². The molecule has 0 fully saturated rings. The topological polar surface area (TPSA) is 59.0 Å². The molecule has 112 valence electrons. The Labute approximate surface area is 117 Å². The van der Waals surface area contributed by atoms with Gasteiger partial charge < -0.3 is 19.5 Å². The molecule has 1 rings (SSSR count). The van der Waals surface area contributed by atoms with Gasteiger partial charge in [-0.15, -0.1) is 0 Å². The molecule has 1 aromatic carbocycles. The van der Waals surface area contributed by atoms with Crippen LogP contribution in [-0.4, -0.2) is 51.6 Å². The highest BCUT2D eigenvalue weighted by Crippen LogP contribution is 2.22. The summed E-state index contributed by atoms with van der Waals surface area (Å²) in [6, 6.07) is 3.78. The average Bonchev–Trinajstić information content (AvgIpc) is 2.43. The van der Waals surface area contributed by atoms with E-state index in [1.54, 1.807) is 14.2 Å². The Morgan fingerprint density at radius 3 is 2.55 bits per heavy atom. The second kappa shape index (κ2) is 8.50. The molecule has 0 spiro atoms. The van der Waals surface area contributed by atoms with Crippen LogP contribution in [0.5, 0.6) is 0 Å². The van der Waals surface area contributed by atoms with Gasteiger partial charge in [0.25, 0.3) is 0 Å². The highest BCUT2D eigenvalue weighted by Gasteiger charge is 2.16. The maximum Gasteiger partial charge on any atom is 0.337 e. The quantitative estimate of drug-likeness (QED) is 0.703. The molecule has 0 aromatic heterocycles. The van der Waals surface area contributed by atoms with Crippen LogP contribution in [0.3, 0.4) is 0 Å². The van der Waals surface area contributed by atoms with E-state index in [9.17, 15) is 14.3 Å². The molecule has 0 atom stereocenters. The third-order valence-electron chi connectivity index (χ3n) is 2.87. The number of benzene rings is 1. The van der Waals surface area contributed by atoms with Gasteiger partial charge in [0, 0.05) is 33.9 Å². The summed E-state index contributed by atoms with van der Waals surface area (Å²) in [4.78, 5) is 13.1. The molecule has 1 aromatic rings. The molecule has 1 N–H and O–H groups in total. The fourth-order valence-electron chi connectivity index (χ4n) is 1.91. The first-order valence-corrected chi connectivity index (χ1v) is 6.35. The highest BCUT2D eigenvalue weighted by molar-refractivity contribution is 5.94. The summed E-state index contributed by atoms with van der Waals surface area (Å²) in [5, 5.41) is 9.19. The minimum absolute atomic E-state index is 0.0430. The first-order chi connectivity index (χ1) is 9.60. The smallest absolute Gasteiger partial charge is 0.337 e. The normalized spacial score (nSPS) is 10.6. The van der Waals surface area contributed by atoms with Crippen LogP contribution in [0.25, 0.3) is 0 Å². The van der Waals surface area contributed by atoms with Crippen LogP contribution in [0.2, 0.25) is 0 Å². The van der Waals surface area contributed by atoms with Crippen LogP contribution >= 0.6 is 0 Å². The van der Waals surface area contributed by atoms with Crippen LogP contribution in [0, 0.1) is 5.82 Å². The van der Waals surface area contributed by atoms with E-state index in [4.69, 9.17) is 9.47 Å². The van der Waals surface area contributed by atoms with Gasteiger partial charge in [0.2, 0.25) is 0 Å². The predicted octanol–water partition coefficient (Wildman–Crippen LogP) is 2.01. The Morgan fingerprint density at radius 1 is 1.25 bits per heavy atom. The van der Waals surface area contributed by atoms with E-state index in [0.29, 0.717) is 32.0 Å². The molecule has 0 radical (unpaired) electrons. The lowest BCUT2D eigenvalue weighted by molar-refractivity contribution is 0.0697. The number of carboxylic acids is 1. The Morgan fingerprint density at radius 2 is 1.95 bits per heavy atom. The number of anilines is 1. The summed E-state index contributed by atoms with van der Waals surface area (Å²) in [6.07, 6.45) is 0.747. The summed E-state index contributed by atoms with van der Waals surface area (Å²) in [6.45, 7) is 2.19. The number of hydrogen-bond acceptors (Lipinski definition) is 4. The van der Waals surface area contributed by atoms with Gasteiger partial charge in [-0.3, -0.25) is 0 Å². The van der Waals surface area contributed by atoms with Crippen molar-refractivity contribution in [3.63, 3.8) is 0 Å². The summed E-state index contributed by atoms with van der Waals surface area (Å²) in [5.41, 5.74) is 0.450. The van der Waals surface area contributed by atoms with Crippen molar-refractivity contribution in [1.29, 1.82) is 0 Å². The Balaban J connectivity index is 2.95. The Hall–Kier alpha value is -1.66. The minimum Gasteiger partial charge on any atom is -0.478 e. The molecule has 5 nitrogen and oxygen atoms in total. The van der Waals surface area contributed by atoms with E-state index in [-0.39, 0.29) is 5.56 Å². The zero-order chi connectivity index (χ0) is 15.0. The maximum absolute atomic E-state index is 13.2. The van der Waals surface area contributed by atoms with Crippen LogP contribution in [0.4, 0.5) is 10.1 Å². The van der Waals surface area contributed by atoms with Crippen molar-refractivity contribution >= 4 is 11.7 Å². The lowest BCUT2D eigenvalue weighted by Gasteiger charge is -2.26. The molecular weight excluding hydrogens is 265 g/mol. The molecular formula is C14H20FNO4. The maximum atomic E-state index is 13.2. The number of halogens is 1. The van der Waals surface area contributed by atoms with Crippen molar-refractivity contribution in [1.82, 2.24) is 0 Å². The first-order valence-electron chi connectivity index (χ1n) is 6.35. The fourth-order valence-corrected chi connectivity index (χ4v) is 1.91. The third kappa shape index (κ3) is 4.79. The van der Waals surface area contributed by atoms with Gasteiger partial charge in [-0.1, -0.05) is 0 Å². The van der Waals surface area contributed by atoms with E-state index < -0.39 is 11.8 Å². The van der Waals surface area contributed by atoms with E-state index in [0.717, 1.165) is 12.5 Å². The van der Waals surface area contributed by atoms with Crippen LogP contribution in [0.15, 0.2) is 18.2 Å². The summed E-state index contributed by atoms with van der Waals surface area (Å²) in [7, 11) is 3.19. The van der Waals surface area contributed by atoms with Gasteiger partial charge in [0.05, 0.1) is 17.9 Å². The minimum atomic E-state index is -1.14. The monoisotopic (exact) mass is 285 g/mol. The molecule has 0 aliphatic carbocycles. The molecule has 0 saturated heterocycles. The standard InChI is InChI=1S/C14H20FNO4/c1-19-8-3-6-16(7-9-20-2)13-5-4-11(15)10-12(13)14(17)18/h4-5,10H,3,6-9H2,1-2H3,(H,17,18). The Kier molecular flexibility index (Phi) is 6.97. The lowest BCUT2D eigenvalue weighted by Crippen LogP contribution is -2.30. The summed E-state index contributed by atoms with van der Waals surface area (Å²) >= 11 is 0. The molecule has 0 unspecified atom stereocenters. The van der Waals surface area contributed by atoms with Gasteiger partial charge in [-0.25, -0.2) is 9.18 Å². The second-order valence-electron chi connectivity index (χ2n) is 4.29. The summed E-state index contributed by atoms with van der Waals surface area (Å²) < 4.78 is 23.2. The average molecular weight is 285 g/mol. The Bertz CT molecular complexity index is 439. The number of carbonyl (C=O) groups is 1. The van der Waals surface area contributed by atoms with Crippen molar-refractivity contribution in [3.05, 3.63) is 29.6 Å². The molecule has 0 amide bonds. The summed E-state index contributed by atoms with van der Waals surface area (Å²) in [5.74, 6) is -1.71. The lowest BCUT2D eigenvalue weighted by atomic mass is 10.1. The van der Waals surface area contributed by atoms with Crippen molar-refractivity contribution in [2.75, 3.05) is 45.4 Å². The van der Waals surface area contributed by atoms with E-state index >= 15 is 0 Å². The molecule has 6 heteroatoms. The first kappa shape index (κ1) is 16.4. The zero-order valence-electron chi connectivity index (χ0n) is 11.8. The van der Waals surface area contributed by atoms with Gasteiger partial charge in [0.15, 0.2) is 0 Å². The number of nitrogens with zero attached hydrogens (tertiary/aromatic N) is 1. The molecule has 20 heavy (non-hydrogen) atoms. The van der Waals surface area contributed by atoms with E-state index in [2.05, 4.69) is 0 Å². The number of rotatable bonds is 9. The molecule has 0 saturated carbocycles. The zero-order valence-corrected chi connectivity index (χ0v) is 11.8. The highest BCUT2D eigenvalue weighted by atomic mass is 19.1. The van der Waals surface area contributed by atoms with Gasteiger partial charge in [0.1, 0.15) is 5.82 Å². The molecule has 0 aliphatic heterocycles. The van der Waals surface area contributed by atoms with Gasteiger partial charge in [-0.05, 0) is 24.6 Å². The van der Waals surface area contributed by atoms with Crippen LogP contribution < -0.4 is 4.90 Å². The number of aromatic carboxylic acids is 1. The van der Waals surface area contributed by atoms with E-state index in [1.807, 2.05) is 4.90 Å². The van der Waals surface area contributed by atoms with Crippen molar-refractivity contribution in [2.45, 2.75) is 6.42 Å². The molecule has 0 heterocycles. The van der Waals surface area contributed by atoms with Gasteiger partial charge in [-0.2, -0.15) is 0 Å². The number of methoxy groups -OCH3 is 2. The fraction of sp³-hybridized carbons (Fsp3) is 0.500. The molecule has 0 aliphatic rings. The second-order valence-corrected chi connectivity index (χ2v) is 4.29. The third-order valence-corrected chi connectivity index (χ3v) is 2.87.